The highest BCUT2D eigenvalue weighted by Crippen LogP contribution is 2.25. The quantitative estimate of drug-likeness (QED) is 0.867. The average molecular weight is 349 g/mol. The third-order valence-corrected chi connectivity index (χ3v) is 4.54. The highest BCUT2D eigenvalue weighted by molar-refractivity contribution is 6.31. The molecule has 0 radical (unpaired) electrons. The zero-order chi connectivity index (χ0) is 17.1. The van der Waals surface area contributed by atoms with Gasteiger partial charge in [-0.1, -0.05) is 23.7 Å². The van der Waals surface area contributed by atoms with Crippen molar-refractivity contribution < 1.29 is 14.3 Å². The van der Waals surface area contributed by atoms with Crippen LogP contribution < -0.4 is 10.2 Å². The fourth-order valence-corrected chi connectivity index (χ4v) is 3.05. The van der Waals surface area contributed by atoms with Gasteiger partial charge in [0.05, 0.1) is 10.6 Å². The Balaban J connectivity index is 1.54. The molecule has 1 heterocycles. The fraction of sp³-hybridized carbons (Fsp3) is 0.278. The Bertz CT molecular complexity index is 736. The van der Waals surface area contributed by atoms with Gasteiger partial charge >= 0.3 is 5.97 Å². The molecule has 1 atom stereocenters. The molecule has 3 rings (SSSR count). The van der Waals surface area contributed by atoms with Crippen molar-refractivity contribution in [3.63, 3.8) is 0 Å². The van der Waals surface area contributed by atoms with E-state index in [0.717, 1.165) is 30.8 Å². The van der Waals surface area contributed by atoms with E-state index in [2.05, 4.69) is 10.2 Å². The number of hydrogen-bond acceptors (Lipinski definition) is 3. The normalized spacial score (nSPS) is 17.2. The van der Waals surface area contributed by atoms with Crippen LogP contribution in [-0.2, 0) is 6.54 Å². The number of rotatable bonds is 5. The fourth-order valence-electron chi connectivity index (χ4n) is 2.87. The summed E-state index contributed by atoms with van der Waals surface area (Å²) in [5.74, 6) is -1.32. The Kier molecular flexibility index (Phi) is 5.02. The number of carbonyl (C=O) groups is 1. The van der Waals surface area contributed by atoms with Crippen LogP contribution in [0.2, 0.25) is 5.02 Å². The molecule has 1 saturated heterocycles. The Morgan fingerprint density at radius 1 is 1.29 bits per heavy atom. The summed E-state index contributed by atoms with van der Waals surface area (Å²) in [6.07, 6.45) is 0.988. The molecule has 1 aliphatic heterocycles. The van der Waals surface area contributed by atoms with Gasteiger partial charge in [-0.15, -0.1) is 0 Å². The van der Waals surface area contributed by atoms with Crippen molar-refractivity contribution in [2.45, 2.75) is 19.0 Å². The van der Waals surface area contributed by atoms with Crippen LogP contribution in [0.5, 0.6) is 0 Å². The van der Waals surface area contributed by atoms with E-state index in [1.54, 1.807) is 24.3 Å². The zero-order valence-electron chi connectivity index (χ0n) is 13.0. The zero-order valence-corrected chi connectivity index (χ0v) is 13.8. The highest BCUT2D eigenvalue weighted by Gasteiger charge is 2.22. The SMILES string of the molecule is O=C(O)c1ccc(CNC2CCN(c3ccc(F)c(Cl)c3)C2)cc1. The van der Waals surface area contributed by atoms with Gasteiger partial charge in [-0.05, 0) is 42.3 Å². The van der Waals surface area contributed by atoms with Gasteiger partial charge in [0.15, 0.2) is 0 Å². The standard InChI is InChI=1S/C18H18ClFN2O2/c19-16-9-15(5-6-17(16)20)22-8-7-14(11-22)21-10-12-1-3-13(4-2-12)18(23)24/h1-6,9,14,21H,7-8,10-11H2,(H,23,24). The maximum atomic E-state index is 13.2. The van der Waals surface area contributed by atoms with Crippen LogP contribution in [-0.4, -0.2) is 30.2 Å². The smallest absolute Gasteiger partial charge is 0.335 e. The first-order chi connectivity index (χ1) is 11.5. The van der Waals surface area contributed by atoms with Crippen LogP contribution in [0.15, 0.2) is 42.5 Å². The topological polar surface area (TPSA) is 52.6 Å². The number of carboxylic acids is 1. The molecule has 0 amide bonds. The Hall–Kier alpha value is -2.11. The third kappa shape index (κ3) is 3.86. The summed E-state index contributed by atoms with van der Waals surface area (Å²) < 4.78 is 13.2. The van der Waals surface area contributed by atoms with Gasteiger partial charge in [-0.25, -0.2) is 9.18 Å². The summed E-state index contributed by atoms with van der Waals surface area (Å²) in [7, 11) is 0. The first kappa shape index (κ1) is 16.7. The lowest BCUT2D eigenvalue weighted by atomic mass is 10.1. The summed E-state index contributed by atoms with van der Waals surface area (Å²) in [6.45, 7) is 2.40. The van der Waals surface area contributed by atoms with Crippen molar-refractivity contribution in [3.05, 3.63) is 64.4 Å². The van der Waals surface area contributed by atoms with Gasteiger partial charge in [-0.3, -0.25) is 0 Å². The van der Waals surface area contributed by atoms with Crippen LogP contribution in [0.1, 0.15) is 22.3 Å². The molecule has 0 aliphatic carbocycles. The van der Waals surface area contributed by atoms with E-state index in [9.17, 15) is 9.18 Å². The van der Waals surface area contributed by atoms with Crippen molar-refractivity contribution in [2.75, 3.05) is 18.0 Å². The molecule has 4 nitrogen and oxygen atoms in total. The second-order valence-electron chi connectivity index (χ2n) is 5.91. The molecule has 1 aliphatic rings. The van der Waals surface area contributed by atoms with Crippen molar-refractivity contribution in [3.8, 4) is 0 Å². The minimum Gasteiger partial charge on any atom is -0.478 e. The molecule has 1 fully saturated rings. The number of anilines is 1. The number of aromatic carboxylic acids is 1. The predicted molar refractivity (Wildman–Crippen MR) is 92.3 cm³/mol. The van der Waals surface area contributed by atoms with Crippen molar-refractivity contribution in [2.24, 2.45) is 0 Å². The lowest BCUT2D eigenvalue weighted by Crippen LogP contribution is -2.32. The highest BCUT2D eigenvalue weighted by atomic mass is 35.5. The Morgan fingerprint density at radius 2 is 2.04 bits per heavy atom. The molecule has 2 N–H and O–H groups in total. The molecule has 0 saturated carbocycles. The van der Waals surface area contributed by atoms with Crippen LogP contribution in [0.25, 0.3) is 0 Å². The molecular weight excluding hydrogens is 331 g/mol. The first-order valence-corrected chi connectivity index (χ1v) is 8.16. The van der Waals surface area contributed by atoms with Crippen molar-refractivity contribution in [1.29, 1.82) is 0 Å². The molecular formula is C18H18ClFN2O2. The van der Waals surface area contributed by atoms with Gasteiger partial charge in [0.1, 0.15) is 5.82 Å². The minimum absolute atomic E-state index is 0.141. The summed E-state index contributed by atoms with van der Waals surface area (Å²) in [5.41, 5.74) is 2.26. The largest absolute Gasteiger partial charge is 0.478 e. The number of nitrogens with zero attached hydrogens (tertiary/aromatic N) is 1. The number of benzene rings is 2. The molecule has 2 aromatic carbocycles. The van der Waals surface area contributed by atoms with E-state index in [1.807, 2.05) is 12.1 Å². The molecule has 6 heteroatoms. The van der Waals surface area contributed by atoms with Crippen molar-refractivity contribution in [1.82, 2.24) is 5.32 Å². The number of nitrogens with one attached hydrogen (secondary N) is 1. The third-order valence-electron chi connectivity index (χ3n) is 4.25. The Labute approximate surface area is 144 Å². The minimum atomic E-state index is -0.918. The summed E-state index contributed by atoms with van der Waals surface area (Å²) in [6, 6.07) is 12.0. The molecule has 1 unspecified atom stereocenters. The van der Waals surface area contributed by atoms with E-state index in [4.69, 9.17) is 16.7 Å². The summed E-state index contributed by atoms with van der Waals surface area (Å²) >= 11 is 5.85. The van der Waals surface area contributed by atoms with E-state index in [0.29, 0.717) is 18.2 Å². The maximum Gasteiger partial charge on any atom is 0.335 e. The monoisotopic (exact) mass is 348 g/mol. The van der Waals surface area contributed by atoms with Crippen LogP contribution >= 0.6 is 11.6 Å². The van der Waals surface area contributed by atoms with Gasteiger partial charge < -0.3 is 15.3 Å². The number of carboxylic acid groups (broad SMARTS) is 1. The molecule has 126 valence electrons. The van der Waals surface area contributed by atoms with Crippen LogP contribution in [0.4, 0.5) is 10.1 Å². The summed E-state index contributed by atoms with van der Waals surface area (Å²) in [4.78, 5) is 13.0. The van der Waals surface area contributed by atoms with Gasteiger partial charge in [0.25, 0.3) is 0 Å². The number of hydrogen-bond donors (Lipinski definition) is 2. The lowest BCUT2D eigenvalue weighted by Gasteiger charge is -2.19. The molecule has 0 bridgehead atoms. The maximum absolute atomic E-state index is 13.2. The number of halogens is 2. The van der Waals surface area contributed by atoms with E-state index in [-0.39, 0.29) is 5.02 Å². The molecule has 24 heavy (non-hydrogen) atoms. The van der Waals surface area contributed by atoms with Gasteiger partial charge in [0.2, 0.25) is 0 Å². The molecule has 0 aromatic heterocycles. The average Bonchev–Trinajstić information content (AvgIpc) is 3.05. The Morgan fingerprint density at radius 3 is 2.71 bits per heavy atom. The van der Waals surface area contributed by atoms with Crippen molar-refractivity contribution >= 4 is 23.3 Å². The second-order valence-corrected chi connectivity index (χ2v) is 6.32. The summed E-state index contributed by atoms with van der Waals surface area (Å²) in [5, 5.41) is 12.5. The molecule has 2 aromatic rings. The van der Waals surface area contributed by atoms with Crippen LogP contribution in [0, 0.1) is 5.82 Å². The lowest BCUT2D eigenvalue weighted by molar-refractivity contribution is 0.0697. The van der Waals surface area contributed by atoms with Gasteiger partial charge in [-0.2, -0.15) is 0 Å². The molecule has 0 spiro atoms. The van der Waals surface area contributed by atoms with E-state index >= 15 is 0 Å². The first-order valence-electron chi connectivity index (χ1n) is 7.78. The second kappa shape index (κ2) is 7.20. The van der Waals surface area contributed by atoms with Crippen LogP contribution in [0.3, 0.4) is 0 Å². The predicted octanol–water partition coefficient (Wildman–Crippen LogP) is 3.55. The van der Waals surface area contributed by atoms with E-state index in [1.165, 1.54) is 6.07 Å². The van der Waals surface area contributed by atoms with E-state index < -0.39 is 11.8 Å². The van der Waals surface area contributed by atoms with Gasteiger partial charge in [0, 0.05) is 31.4 Å².